The van der Waals surface area contributed by atoms with Crippen molar-refractivity contribution in [3.8, 4) is 0 Å². The first kappa shape index (κ1) is 9.39. The number of carboxylic acids is 1. The van der Waals surface area contributed by atoms with Crippen LogP contribution in [0.25, 0.3) is 0 Å². The maximum absolute atomic E-state index is 10.2. The number of carboxylic acid groups (broad SMARTS) is 1. The van der Waals surface area contributed by atoms with Gasteiger partial charge in [0.25, 0.3) is 0 Å². The number of hydrogen-bond acceptors (Lipinski definition) is 4. The van der Waals surface area contributed by atoms with Crippen molar-refractivity contribution in [1.29, 1.82) is 0 Å². The van der Waals surface area contributed by atoms with E-state index in [9.17, 15) is 9.59 Å². The molecule has 0 aromatic rings. The van der Waals surface area contributed by atoms with Crippen molar-refractivity contribution < 1.29 is 24.1 Å². The maximum atomic E-state index is 10.2. The molecule has 0 aliphatic rings. The van der Waals surface area contributed by atoms with Gasteiger partial charge in [-0.2, -0.15) is 0 Å². The minimum atomic E-state index is -2.28. The van der Waals surface area contributed by atoms with Crippen molar-refractivity contribution in [2.45, 2.75) is 6.42 Å². The lowest BCUT2D eigenvalue weighted by atomic mass is 10.5. The number of hydrogen-bond donors (Lipinski definition) is 2. The van der Waals surface area contributed by atoms with E-state index in [0.29, 0.717) is 0 Å². The third kappa shape index (κ3) is 5.53. The molecule has 1 unspecified atom stereocenters. The van der Waals surface area contributed by atoms with Gasteiger partial charge in [-0.05, 0) is 0 Å². The summed E-state index contributed by atoms with van der Waals surface area (Å²) in [7, 11) is 2.37. The molecule has 0 saturated heterocycles. The monoisotopic (exact) mass is 162 g/mol. The molecule has 0 bridgehead atoms. The zero-order valence-electron chi connectivity index (χ0n) is 4.85. The summed E-state index contributed by atoms with van der Waals surface area (Å²) in [5, 5.41) is 7.98. The van der Waals surface area contributed by atoms with Gasteiger partial charge in [-0.3, -0.25) is 9.59 Å². The van der Waals surface area contributed by atoms with Crippen LogP contribution in [0.15, 0.2) is 0 Å². The third-order valence-electron chi connectivity index (χ3n) is 0.491. The molecule has 0 heterocycles. The van der Waals surface area contributed by atoms with E-state index >= 15 is 0 Å². The molecule has 0 rings (SSSR count). The Morgan fingerprint density at radius 2 is 2.10 bits per heavy atom. The van der Waals surface area contributed by atoms with Gasteiger partial charge in [0.05, 0.1) is 0 Å². The molecule has 0 aliphatic carbocycles. The van der Waals surface area contributed by atoms with Crippen molar-refractivity contribution in [2.24, 2.45) is 0 Å². The summed E-state index contributed by atoms with van der Waals surface area (Å²) in [6.45, 7) is 0. The van der Waals surface area contributed by atoms with Gasteiger partial charge in [-0.1, -0.05) is 0 Å². The largest absolute Gasteiger partial charge is 0.481 e. The van der Waals surface area contributed by atoms with Crippen molar-refractivity contribution >= 4 is 27.8 Å². The molecule has 0 saturated carbocycles. The zero-order chi connectivity index (χ0) is 8.15. The predicted molar refractivity (Wildman–Crippen MR) is 33.2 cm³/mol. The number of rotatable bonds is 3. The average molecular weight is 162 g/mol. The van der Waals surface area contributed by atoms with Crippen LogP contribution in [0.1, 0.15) is 6.42 Å². The quantitative estimate of drug-likeness (QED) is 0.328. The van der Waals surface area contributed by atoms with Crippen LogP contribution in [-0.4, -0.2) is 29.5 Å². The summed E-state index contributed by atoms with van der Waals surface area (Å²) in [5.41, 5.74) is 0. The first-order chi connectivity index (χ1) is 4.52. The predicted octanol–water partition coefficient (Wildman–Crippen LogP) is -0.608. The zero-order valence-corrected chi connectivity index (χ0v) is 5.75. The van der Waals surface area contributed by atoms with E-state index < -0.39 is 26.6 Å². The van der Waals surface area contributed by atoms with Gasteiger partial charge in [0.15, 0.2) is 8.25 Å². The van der Waals surface area contributed by atoms with Crippen molar-refractivity contribution in [3.05, 3.63) is 0 Å². The highest BCUT2D eigenvalue weighted by Crippen LogP contribution is 2.23. The molecular weight excluding hydrogens is 158 g/mol. The summed E-state index contributed by atoms with van der Waals surface area (Å²) in [5.74, 6) is -2.36. The van der Waals surface area contributed by atoms with Crippen LogP contribution in [-0.2, 0) is 14.1 Å². The summed E-state index contributed by atoms with van der Waals surface area (Å²) in [6, 6.07) is 0. The van der Waals surface area contributed by atoms with Crippen LogP contribution < -0.4 is 0 Å². The van der Waals surface area contributed by atoms with E-state index in [1.165, 1.54) is 0 Å². The molecule has 0 spiro atoms. The summed E-state index contributed by atoms with van der Waals surface area (Å²) in [6.07, 6.45) is -0.781. The summed E-state index contributed by atoms with van der Waals surface area (Å²) >= 11 is 0. The lowest BCUT2D eigenvalue weighted by molar-refractivity contribution is -0.145. The molecule has 0 amide bonds. The van der Waals surface area contributed by atoms with Crippen LogP contribution >= 0.6 is 8.25 Å². The Kier molecular flexibility index (Phi) is 3.99. The smallest absolute Gasteiger partial charge is 0.321 e. The molecule has 0 aromatic carbocycles. The Morgan fingerprint density at radius 1 is 1.60 bits per heavy atom. The lowest BCUT2D eigenvalue weighted by Gasteiger charge is -2.03. The molecule has 2 N–H and O–H groups in total. The lowest BCUT2D eigenvalue weighted by Crippen LogP contribution is -2.07. The van der Waals surface area contributed by atoms with Gasteiger partial charge in [-0.25, -0.2) is 0 Å². The molecule has 0 aliphatic heterocycles. The van der Waals surface area contributed by atoms with E-state index in [1.54, 1.807) is 0 Å². The number of aliphatic carboxylic acids is 1. The Balaban J connectivity index is 3.54. The van der Waals surface area contributed by atoms with E-state index in [2.05, 4.69) is 12.1 Å². The summed E-state index contributed by atoms with van der Waals surface area (Å²) in [4.78, 5) is 28.3. The second kappa shape index (κ2) is 4.25. The Morgan fingerprint density at radius 3 is 2.40 bits per heavy atom. The molecule has 2 radical (unpaired) electrons. The molecular formula is C3H4BO5P. The highest BCUT2D eigenvalue weighted by Gasteiger charge is 2.10. The fraction of sp³-hybridized carbons (Fsp3) is 0.333. The van der Waals surface area contributed by atoms with Gasteiger partial charge in [-0.15, -0.1) is 0 Å². The first-order valence-corrected chi connectivity index (χ1v) is 3.47. The van der Waals surface area contributed by atoms with Crippen LogP contribution in [0.4, 0.5) is 0 Å². The van der Waals surface area contributed by atoms with E-state index in [0.717, 1.165) is 0 Å². The Hall–Kier alpha value is -0.605. The van der Waals surface area contributed by atoms with Gasteiger partial charge >= 0.3 is 11.9 Å². The topological polar surface area (TPSA) is 83.8 Å². The van der Waals surface area contributed by atoms with Crippen LogP contribution in [0.2, 0.25) is 0 Å². The number of carbonyl (C=O) groups is 2. The third-order valence-corrected chi connectivity index (χ3v) is 0.882. The van der Waals surface area contributed by atoms with Crippen LogP contribution in [0.3, 0.4) is 0 Å². The standard InChI is InChI=1S/C3H4BO5P/c4-10(8)9-3(7)1-2(5)6/h8H,1H2,(H,5,6). The normalized spacial score (nSPS) is 12.1. The minimum Gasteiger partial charge on any atom is -0.481 e. The molecule has 10 heavy (non-hydrogen) atoms. The molecule has 0 aromatic heterocycles. The number of carbonyl (C=O) groups excluding carboxylic acids is 1. The first-order valence-electron chi connectivity index (χ1n) is 2.18. The van der Waals surface area contributed by atoms with Crippen molar-refractivity contribution in [2.75, 3.05) is 0 Å². The van der Waals surface area contributed by atoms with E-state index in [1.807, 2.05) is 0 Å². The molecule has 5 nitrogen and oxygen atoms in total. The van der Waals surface area contributed by atoms with Crippen LogP contribution in [0.5, 0.6) is 0 Å². The molecule has 54 valence electrons. The Bertz CT molecular complexity index is 146. The second-order valence-corrected chi connectivity index (χ2v) is 2.12. The van der Waals surface area contributed by atoms with E-state index in [-0.39, 0.29) is 0 Å². The minimum absolute atomic E-state index is 0.781. The van der Waals surface area contributed by atoms with Crippen LogP contribution in [0, 0.1) is 0 Å². The molecule has 7 heteroatoms. The van der Waals surface area contributed by atoms with Crippen molar-refractivity contribution in [3.63, 3.8) is 0 Å². The average Bonchev–Trinajstić information content (AvgIpc) is 1.58. The van der Waals surface area contributed by atoms with Gasteiger partial charge < -0.3 is 14.5 Å². The van der Waals surface area contributed by atoms with Gasteiger partial charge in [0, 0.05) is 0 Å². The summed E-state index contributed by atoms with van der Waals surface area (Å²) < 4.78 is 3.94. The van der Waals surface area contributed by atoms with E-state index in [4.69, 9.17) is 10.00 Å². The fourth-order valence-electron chi connectivity index (χ4n) is 0.260. The SMILES string of the molecule is [B]P(O)OC(=O)CC(=O)O. The van der Waals surface area contributed by atoms with Gasteiger partial charge in [0.2, 0.25) is 7.57 Å². The van der Waals surface area contributed by atoms with Crippen molar-refractivity contribution in [1.82, 2.24) is 0 Å². The molecule has 1 atom stereocenters. The maximum Gasteiger partial charge on any atom is 0.321 e. The second-order valence-electron chi connectivity index (χ2n) is 1.34. The fourth-order valence-corrected chi connectivity index (χ4v) is 0.533. The highest BCUT2D eigenvalue weighted by atomic mass is 31.2. The highest BCUT2D eigenvalue weighted by molar-refractivity contribution is 7.73. The van der Waals surface area contributed by atoms with Gasteiger partial charge in [0.1, 0.15) is 6.42 Å². The molecule has 0 fully saturated rings. The Labute approximate surface area is 59.3 Å².